The van der Waals surface area contributed by atoms with E-state index in [2.05, 4.69) is 40.4 Å². The molecule has 2 N–H and O–H groups in total. The molecule has 108 valence electrons. The van der Waals surface area contributed by atoms with E-state index in [-0.39, 0.29) is 24.4 Å². The predicted octanol–water partition coefficient (Wildman–Crippen LogP) is 3.12. The van der Waals surface area contributed by atoms with Gasteiger partial charge in [-0.3, -0.25) is 4.79 Å². The van der Waals surface area contributed by atoms with Gasteiger partial charge in [0.05, 0.1) is 6.04 Å². The quantitative estimate of drug-likeness (QED) is 0.828. The lowest BCUT2D eigenvalue weighted by Gasteiger charge is -2.18. The highest BCUT2D eigenvalue weighted by molar-refractivity contribution is 9.10. The van der Waals surface area contributed by atoms with Crippen LogP contribution in [-0.4, -0.2) is 19.0 Å². The van der Waals surface area contributed by atoms with Crippen LogP contribution in [0.4, 0.5) is 0 Å². The second kappa shape index (κ2) is 9.34. The second-order valence-electron chi connectivity index (χ2n) is 4.82. The molecule has 0 saturated carbocycles. The van der Waals surface area contributed by atoms with Gasteiger partial charge in [0, 0.05) is 11.0 Å². The maximum absolute atomic E-state index is 12.0. The minimum Gasteiger partial charge on any atom is -0.351 e. The van der Waals surface area contributed by atoms with E-state index in [1.54, 1.807) is 0 Å². The van der Waals surface area contributed by atoms with Gasteiger partial charge in [-0.05, 0) is 37.1 Å². The molecule has 3 nitrogen and oxygen atoms in total. The highest BCUT2D eigenvalue weighted by atomic mass is 79.9. The lowest BCUT2D eigenvalue weighted by molar-refractivity contribution is -0.123. The van der Waals surface area contributed by atoms with Gasteiger partial charge < -0.3 is 10.6 Å². The molecule has 0 unspecified atom stereocenters. The summed E-state index contributed by atoms with van der Waals surface area (Å²) in [6, 6.07) is 7.84. The Labute approximate surface area is 130 Å². The number of amides is 1. The average molecular weight is 350 g/mol. The fourth-order valence-electron chi connectivity index (χ4n) is 1.79. The van der Waals surface area contributed by atoms with E-state index in [0.29, 0.717) is 12.5 Å². The van der Waals surface area contributed by atoms with Crippen molar-refractivity contribution in [3.05, 3.63) is 34.3 Å². The summed E-state index contributed by atoms with van der Waals surface area (Å²) in [5, 5.41) is 6.02. The van der Waals surface area contributed by atoms with Crippen molar-refractivity contribution in [3.63, 3.8) is 0 Å². The molecule has 1 rings (SSSR count). The van der Waals surface area contributed by atoms with E-state index in [1.807, 2.05) is 31.3 Å². The maximum atomic E-state index is 12.0. The van der Waals surface area contributed by atoms with Crippen molar-refractivity contribution in [1.29, 1.82) is 0 Å². The van der Waals surface area contributed by atoms with Gasteiger partial charge in [0.15, 0.2) is 0 Å². The summed E-state index contributed by atoms with van der Waals surface area (Å²) in [5.41, 5.74) is 1.09. The highest BCUT2D eigenvalue weighted by Gasteiger charge is 2.16. The van der Waals surface area contributed by atoms with Gasteiger partial charge in [0.1, 0.15) is 0 Å². The van der Waals surface area contributed by atoms with Crippen molar-refractivity contribution < 1.29 is 4.79 Å². The molecule has 0 saturated heterocycles. The summed E-state index contributed by atoms with van der Waals surface area (Å²) in [6.07, 6.45) is 0.848. The summed E-state index contributed by atoms with van der Waals surface area (Å²) in [4.78, 5) is 12.0. The molecule has 1 atom stereocenters. The maximum Gasteiger partial charge on any atom is 0.237 e. The minimum atomic E-state index is -0.114. The first kappa shape index (κ1) is 18.4. The number of rotatable bonds is 6. The summed E-state index contributed by atoms with van der Waals surface area (Å²) >= 11 is 3.42. The van der Waals surface area contributed by atoms with Crippen molar-refractivity contribution in [3.8, 4) is 0 Å². The molecule has 0 aliphatic carbocycles. The van der Waals surface area contributed by atoms with E-state index in [4.69, 9.17) is 0 Å². The van der Waals surface area contributed by atoms with Crippen LogP contribution < -0.4 is 10.6 Å². The zero-order valence-electron chi connectivity index (χ0n) is 11.6. The first-order valence-electron chi connectivity index (χ1n) is 6.22. The molecule has 1 aromatic rings. The largest absolute Gasteiger partial charge is 0.351 e. The van der Waals surface area contributed by atoms with Gasteiger partial charge in [0.2, 0.25) is 5.91 Å². The standard InChI is InChI=1S/C14H21BrN2O.ClH/c1-10(2)7-13(16-3)14(18)17-9-11-5-4-6-12(15)8-11;/h4-6,8,10,13,16H,7,9H2,1-3H3,(H,17,18);1H/t13-;/m0./s1. The molecule has 0 bridgehead atoms. The molecule has 1 aromatic carbocycles. The van der Waals surface area contributed by atoms with Crippen LogP contribution in [0.3, 0.4) is 0 Å². The Hall–Kier alpha value is -0.580. The van der Waals surface area contributed by atoms with Gasteiger partial charge >= 0.3 is 0 Å². The molecule has 0 aromatic heterocycles. The third-order valence-electron chi connectivity index (χ3n) is 2.73. The number of nitrogens with one attached hydrogen (secondary N) is 2. The third kappa shape index (κ3) is 6.95. The number of likely N-dealkylation sites (N-methyl/N-ethyl adjacent to an activating group) is 1. The van der Waals surface area contributed by atoms with E-state index >= 15 is 0 Å². The summed E-state index contributed by atoms with van der Waals surface area (Å²) < 4.78 is 1.03. The van der Waals surface area contributed by atoms with Crippen molar-refractivity contribution in [1.82, 2.24) is 10.6 Å². The highest BCUT2D eigenvalue weighted by Crippen LogP contribution is 2.11. The monoisotopic (exact) mass is 348 g/mol. The zero-order valence-corrected chi connectivity index (χ0v) is 14.0. The number of carbonyl (C=O) groups excluding carboxylic acids is 1. The van der Waals surface area contributed by atoms with Gasteiger partial charge in [-0.2, -0.15) is 0 Å². The Kier molecular flexibility index (Phi) is 9.06. The Bertz CT molecular complexity index is 399. The normalized spacial score (nSPS) is 11.8. The number of hydrogen-bond acceptors (Lipinski definition) is 2. The molecule has 1 amide bonds. The molecule has 0 radical (unpaired) electrons. The summed E-state index contributed by atoms with van der Waals surface area (Å²) in [5.74, 6) is 0.560. The summed E-state index contributed by atoms with van der Waals surface area (Å²) in [7, 11) is 1.83. The Morgan fingerprint density at radius 1 is 1.37 bits per heavy atom. The van der Waals surface area contributed by atoms with E-state index in [1.165, 1.54) is 0 Å². The van der Waals surface area contributed by atoms with Crippen LogP contribution in [0.2, 0.25) is 0 Å². The van der Waals surface area contributed by atoms with Crippen LogP contribution in [0.1, 0.15) is 25.8 Å². The Morgan fingerprint density at radius 2 is 2.05 bits per heavy atom. The van der Waals surface area contributed by atoms with Crippen LogP contribution >= 0.6 is 28.3 Å². The topological polar surface area (TPSA) is 41.1 Å². The first-order chi connectivity index (χ1) is 8.52. The third-order valence-corrected chi connectivity index (χ3v) is 3.22. The molecule has 0 heterocycles. The van der Waals surface area contributed by atoms with E-state index < -0.39 is 0 Å². The van der Waals surface area contributed by atoms with Crippen LogP contribution in [0, 0.1) is 5.92 Å². The molecular formula is C14H22BrClN2O. The summed E-state index contributed by atoms with van der Waals surface area (Å²) in [6.45, 7) is 4.80. The van der Waals surface area contributed by atoms with Crippen LogP contribution in [-0.2, 0) is 11.3 Å². The van der Waals surface area contributed by atoms with Gasteiger partial charge in [-0.25, -0.2) is 0 Å². The SMILES string of the molecule is CN[C@@H](CC(C)C)C(=O)NCc1cccc(Br)c1.Cl. The average Bonchev–Trinajstić information content (AvgIpc) is 2.33. The molecule has 19 heavy (non-hydrogen) atoms. The zero-order chi connectivity index (χ0) is 13.5. The Balaban J connectivity index is 0.00000324. The predicted molar refractivity (Wildman–Crippen MR) is 85.5 cm³/mol. The second-order valence-corrected chi connectivity index (χ2v) is 5.73. The smallest absolute Gasteiger partial charge is 0.237 e. The van der Waals surface area contributed by atoms with Crippen molar-refractivity contribution in [2.45, 2.75) is 32.9 Å². The Morgan fingerprint density at radius 3 is 2.58 bits per heavy atom. The molecular weight excluding hydrogens is 328 g/mol. The van der Waals surface area contributed by atoms with Crippen molar-refractivity contribution in [2.75, 3.05) is 7.05 Å². The molecule has 0 aliphatic rings. The molecule has 0 aliphatic heterocycles. The van der Waals surface area contributed by atoms with Gasteiger partial charge in [-0.15, -0.1) is 12.4 Å². The number of hydrogen-bond donors (Lipinski definition) is 2. The van der Waals surface area contributed by atoms with Crippen LogP contribution in [0.25, 0.3) is 0 Å². The molecule has 5 heteroatoms. The van der Waals surface area contributed by atoms with Crippen LogP contribution in [0.15, 0.2) is 28.7 Å². The minimum absolute atomic E-state index is 0. The lowest BCUT2D eigenvalue weighted by Crippen LogP contribution is -2.43. The van der Waals surface area contributed by atoms with Crippen molar-refractivity contribution in [2.24, 2.45) is 5.92 Å². The fraction of sp³-hybridized carbons (Fsp3) is 0.500. The number of carbonyl (C=O) groups is 1. The van der Waals surface area contributed by atoms with Gasteiger partial charge in [-0.1, -0.05) is 41.9 Å². The number of benzene rings is 1. The van der Waals surface area contributed by atoms with E-state index in [9.17, 15) is 4.79 Å². The lowest BCUT2D eigenvalue weighted by atomic mass is 10.0. The van der Waals surface area contributed by atoms with Crippen LogP contribution in [0.5, 0.6) is 0 Å². The molecule has 0 spiro atoms. The first-order valence-corrected chi connectivity index (χ1v) is 7.01. The van der Waals surface area contributed by atoms with E-state index in [0.717, 1.165) is 16.5 Å². The fourth-order valence-corrected chi connectivity index (χ4v) is 2.23. The molecule has 0 fully saturated rings. The number of halogens is 2. The van der Waals surface area contributed by atoms with Gasteiger partial charge in [0.25, 0.3) is 0 Å². The van der Waals surface area contributed by atoms with Crippen molar-refractivity contribution >= 4 is 34.2 Å².